The molecular weight excluding hydrogens is 586 g/mol. The van der Waals surface area contributed by atoms with E-state index < -0.39 is 18.1 Å². The van der Waals surface area contributed by atoms with Gasteiger partial charge in [0.05, 0.1) is 18.2 Å². The van der Waals surface area contributed by atoms with Crippen molar-refractivity contribution >= 4 is 11.8 Å². The van der Waals surface area contributed by atoms with Gasteiger partial charge in [0.15, 0.2) is 11.5 Å². The molecule has 6 atom stereocenters. The fourth-order valence-corrected chi connectivity index (χ4v) is 8.17. The van der Waals surface area contributed by atoms with Crippen LogP contribution in [0.3, 0.4) is 0 Å². The molecule has 0 saturated carbocycles. The number of likely N-dealkylation sites (N-methyl/N-ethyl adjacent to an activating group) is 1. The summed E-state index contributed by atoms with van der Waals surface area (Å²) in [6.45, 7) is 9.57. The number of aromatic hydroxyl groups is 2. The number of hydrogen-bond donors (Lipinski definition) is 4. The first kappa shape index (κ1) is 32.0. The molecule has 2 aromatic carbocycles. The average Bonchev–Trinajstić information content (AvgIpc) is 3.52. The second-order valence-corrected chi connectivity index (χ2v) is 13.4. The topological polar surface area (TPSA) is 147 Å². The van der Waals surface area contributed by atoms with Crippen LogP contribution < -0.4 is 20.1 Å². The van der Waals surface area contributed by atoms with E-state index in [1.807, 2.05) is 20.9 Å². The minimum atomic E-state index is -0.752. The van der Waals surface area contributed by atoms with E-state index in [2.05, 4.69) is 39.5 Å². The third-order valence-corrected chi connectivity index (χ3v) is 10.7. The Labute approximate surface area is 270 Å². The number of carbonyl (C=O) groups excluding carboxylic acids is 2. The molecule has 0 spiro atoms. The van der Waals surface area contributed by atoms with E-state index in [0.717, 1.165) is 41.5 Å². The molecule has 2 amide bonds. The Morgan fingerprint density at radius 3 is 2.52 bits per heavy atom. The predicted molar refractivity (Wildman–Crippen MR) is 171 cm³/mol. The number of phenols is 2. The number of nitrogens with one attached hydrogen (secondary N) is 2. The van der Waals surface area contributed by atoms with Crippen molar-refractivity contribution in [2.24, 2.45) is 0 Å². The summed E-state index contributed by atoms with van der Waals surface area (Å²) in [6.07, 6.45) is 4.08. The Kier molecular flexibility index (Phi) is 8.55. The normalized spacial score (nSPS) is 25.1. The van der Waals surface area contributed by atoms with Crippen LogP contribution in [0.1, 0.15) is 90.6 Å². The standard InChI is InChI=1S/C35H45N5O6/c1-7-8-9-10-27(41)38-20(5)35(44)37-15-26-29-22(31(42)19(4)33-34(29)46-16-45-33)13-24-30-28-21(11-17(2)18(3)32(28)43)12-23(39(30)6)25(14-36)40(24)26/h11,20,23-26,30,42-43H,7-10,12-13,15-16H2,1-6H3,(H,37,44)(H,38,41)/t20-,23-,24?,25-,26-,30+/m0/s1. The Morgan fingerprint density at radius 1 is 1.07 bits per heavy atom. The summed E-state index contributed by atoms with van der Waals surface area (Å²) < 4.78 is 11.8. The van der Waals surface area contributed by atoms with Crippen LogP contribution >= 0.6 is 0 Å². The first-order chi connectivity index (χ1) is 22.0. The van der Waals surface area contributed by atoms with Gasteiger partial charge in [-0.05, 0) is 70.7 Å². The number of hydrogen-bond acceptors (Lipinski definition) is 9. The molecule has 4 aliphatic rings. The van der Waals surface area contributed by atoms with E-state index in [1.165, 1.54) is 0 Å². The quantitative estimate of drug-likeness (QED) is 0.320. The number of phenolic OH excluding ortho intramolecular Hbond substituents is 2. The SMILES string of the molecule is CCCCCC(=O)N[C@@H](C)C(=O)NC[C@H]1c2c(c(O)c(C)c3c2OCO3)CC2[C@@H]3c4c(cc(C)c(C)c4O)C[C@@H]([C@H](C#N)N21)N3C. The molecule has 46 heavy (non-hydrogen) atoms. The van der Waals surface area contributed by atoms with Crippen molar-refractivity contribution in [3.05, 3.63) is 45.0 Å². The maximum atomic E-state index is 13.4. The van der Waals surface area contributed by atoms with Crippen molar-refractivity contribution in [2.75, 3.05) is 20.4 Å². The highest BCUT2D eigenvalue weighted by Crippen LogP contribution is 2.57. The highest BCUT2D eigenvalue weighted by molar-refractivity contribution is 5.87. The summed E-state index contributed by atoms with van der Waals surface area (Å²) in [5.41, 5.74) is 5.71. The van der Waals surface area contributed by atoms with E-state index in [4.69, 9.17) is 9.47 Å². The Balaban J connectivity index is 1.41. The van der Waals surface area contributed by atoms with E-state index >= 15 is 0 Å². The number of benzene rings is 2. The number of fused-ring (bicyclic) bond motifs is 9. The molecule has 0 radical (unpaired) electrons. The van der Waals surface area contributed by atoms with Gasteiger partial charge in [0.2, 0.25) is 18.6 Å². The summed E-state index contributed by atoms with van der Waals surface area (Å²) in [7, 11) is 2.01. The zero-order chi connectivity index (χ0) is 33.0. The molecule has 4 N–H and O–H groups in total. The van der Waals surface area contributed by atoms with Crippen molar-refractivity contribution in [1.29, 1.82) is 5.26 Å². The van der Waals surface area contributed by atoms with Crippen LogP contribution in [0.4, 0.5) is 0 Å². The summed E-state index contributed by atoms with van der Waals surface area (Å²) >= 11 is 0. The highest BCUT2D eigenvalue weighted by Gasteiger charge is 2.56. The monoisotopic (exact) mass is 631 g/mol. The second-order valence-electron chi connectivity index (χ2n) is 13.4. The van der Waals surface area contributed by atoms with Crippen LogP contribution in [0.2, 0.25) is 0 Å². The molecule has 1 unspecified atom stereocenters. The van der Waals surface area contributed by atoms with E-state index in [9.17, 15) is 25.1 Å². The van der Waals surface area contributed by atoms with Crippen LogP contribution in [-0.4, -0.2) is 76.4 Å². The van der Waals surface area contributed by atoms with E-state index in [1.54, 1.807) is 13.8 Å². The van der Waals surface area contributed by atoms with Crippen molar-refractivity contribution < 1.29 is 29.3 Å². The number of piperazine rings is 1. The fraction of sp³-hybridized carbons (Fsp3) is 0.571. The van der Waals surface area contributed by atoms with E-state index in [0.29, 0.717) is 47.5 Å². The van der Waals surface area contributed by atoms with Crippen molar-refractivity contribution in [1.82, 2.24) is 20.4 Å². The van der Waals surface area contributed by atoms with Gasteiger partial charge < -0.3 is 30.3 Å². The molecular formula is C35H45N5O6. The lowest BCUT2D eigenvalue weighted by Crippen LogP contribution is -2.69. The van der Waals surface area contributed by atoms with Gasteiger partial charge in [0.25, 0.3) is 0 Å². The molecule has 11 nitrogen and oxygen atoms in total. The van der Waals surface area contributed by atoms with Crippen LogP contribution in [0.5, 0.6) is 23.0 Å². The van der Waals surface area contributed by atoms with Gasteiger partial charge in [0.1, 0.15) is 23.6 Å². The first-order valence-corrected chi connectivity index (χ1v) is 16.4. The highest BCUT2D eigenvalue weighted by atomic mass is 16.7. The Bertz CT molecular complexity index is 1620. The van der Waals surface area contributed by atoms with Crippen LogP contribution in [-0.2, 0) is 22.4 Å². The molecule has 1 saturated heterocycles. The Hall–Kier alpha value is -4.01. The smallest absolute Gasteiger partial charge is 0.242 e. The van der Waals surface area contributed by atoms with Crippen molar-refractivity contribution in [3.63, 3.8) is 0 Å². The minimum Gasteiger partial charge on any atom is -0.507 e. The summed E-state index contributed by atoms with van der Waals surface area (Å²) in [5, 5.41) is 39.8. The summed E-state index contributed by atoms with van der Waals surface area (Å²) in [4.78, 5) is 30.2. The lowest BCUT2D eigenvalue weighted by atomic mass is 9.71. The third kappa shape index (κ3) is 5.03. The molecule has 6 rings (SSSR count). The Morgan fingerprint density at radius 2 is 1.80 bits per heavy atom. The molecule has 0 aliphatic carbocycles. The molecule has 4 heterocycles. The largest absolute Gasteiger partial charge is 0.507 e. The van der Waals surface area contributed by atoms with Gasteiger partial charge in [-0.15, -0.1) is 0 Å². The summed E-state index contributed by atoms with van der Waals surface area (Å²) in [5.74, 6) is 0.872. The average molecular weight is 632 g/mol. The van der Waals surface area contributed by atoms with Gasteiger partial charge in [-0.25, -0.2) is 0 Å². The number of aryl methyl sites for hydroxylation is 1. The zero-order valence-corrected chi connectivity index (χ0v) is 27.6. The number of nitrogens with zero attached hydrogens (tertiary/aromatic N) is 3. The molecule has 11 heteroatoms. The number of amides is 2. The van der Waals surface area contributed by atoms with Crippen molar-refractivity contribution in [3.8, 4) is 29.1 Å². The molecule has 4 aliphatic heterocycles. The minimum absolute atomic E-state index is 0.00517. The van der Waals surface area contributed by atoms with Crippen LogP contribution in [0.25, 0.3) is 0 Å². The van der Waals surface area contributed by atoms with Gasteiger partial charge in [-0.2, -0.15) is 5.26 Å². The molecule has 0 aromatic heterocycles. The first-order valence-electron chi connectivity index (χ1n) is 16.4. The summed E-state index contributed by atoms with van der Waals surface area (Å²) in [6, 6.07) is 2.11. The molecule has 246 valence electrons. The number of unbranched alkanes of at least 4 members (excludes halogenated alkanes) is 2. The second kappa shape index (κ2) is 12.3. The van der Waals surface area contributed by atoms with Gasteiger partial charge in [-0.3, -0.25) is 19.4 Å². The predicted octanol–water partition coefficient (Wildman–Crippen LogP) is 3.72. The molecule has 1 fully saturated rings. The van der Waals surface area contributed by atoms with Crippen LogP contribution in [0, 0.1) is 32.1 Å². The fourth-order valence-electron chi connectivity index (χ4n) is 8.17. The molecule has 2 aromatic rings. The maximum Gasteiger partial charge on any atom is 0.242 e. The lowest BCUT2D eigenvalue weighted by Gasteiger charge is -2.60. The van der Waals surface area contributed by atoms with Crippen molar-refractivity contribution in [2.45, 2.75) is 109 Å². The van der Waals surface area contributed by atoms with Gasteiger partial charge >= 0.3 is 0 Å². The van der Waals surface area contributed by atoms with E-state index in [-0.39, 0.29) is 54.8 Å². The third-order valence-electron chi connectivity index (χ3n) is 10.7. The maximum absolute atomic E-state index is 13.4. The number of ether oxygens (including phenoxy) is 2. The lowest BCUT2D eigenvalue weighted by molar-refractivity contribution is -0.129. The molecule has 2 bridgehead atoms. The number of nitriles is 1. The van der Waals surface area contributed by atoms with Crippen LogP contribution in [0.15, 0.2) is 6.07 Å². The number of carbonyl (C=O) groups is 2. The van der Waals surface area contributed by atoms with Gasteiger partial charge in [-0.1, -0.05) is 25.8 Å². The zero-order valence-electron chi connectivity index (χ0n) is 27.6. The van der Waals surface area contributed by atoms with Gasteiger partial charge in [0, 0.05) is 47.3 Å². The number of rotatable bonds is 8.